The Bertz CT molecular complexity index is 486. The van der Waals surface area contributed by atoms with Gasteiger partial charge in [-0.3, -0.25) is 4.79 Å². The molecule has 1 aromatic carbocycles. The van der Waals surface area contributed by atoms with E-state index < -0.39 is 5.97 Å². The van der Waals surface area contributed by atoms with Crippen LogP contribution in [0.3, 0.4) is 0 Å². The molecule has 0 spiro atoms. The Kier molecular flexibility index (Phi) is 3.85. The third-order valence-corrected chi connectivity index (χ3v) is 3.64. The number of carboxylic acids is 1. The molecule has 1 N–H and O–H groups in total. The highest BCUT2D eigenvalue weighted by atomic mass is 16.4. The Morgan fingerprint density at radius 2 is 2.17 bits per heavy atom. The van der Waals surface area contributed by atoms with Crippen LogP contribution in [0.25, 0.3) is 5.57 Å². The lowest BCUT2D eigenvalue weighted by molar-refractivity contribution is -0.137. The van der Waals surface area contributed by atoms with E-state index in [1.54, 1.807) is 0 Å². The van der Waals surface area contributed by atoms with E-state index in [4.69, 9.17) is 5.11 Å². The third-order valence-electron chi connectivity index (χ3n) is 3.64. The van der Waals surface area contributed by atoms with E-state index in [0.29, 0.717) is 0 Å². The standard InChI is InChI=1S/C16H20O2/c1-3-4-7-12-9-13(10-15(17)18)16-11(2)6-5-8-14(12)16/h5-6,8-9,13H,3-4,7,10H2,1-2H3,(H,17,18). The van der Waals surface area contributed by atoms with Gasteiger partial charge in [0.05, 0.1) is 6.42 Å². The highest BCUT2D eigenvalue weighted by Crippen LogP contribution is 2.41. The number of aliphatic carboxylic acids is 1. The van der Waals surface area contributed by atoms with Gasteiger partial charge < -0.3 is 5.11 Å². The molecule has 2 heteroatoms. The molecule has 1 atom stereocenters. The summed E-state index contributed by atoms with van der Waals surface area (Å²) >= 11 is 0. The van der Waals surface area contributed by atoms with Crippen molar-refractivity contribution in [3.05, 3.63) is 41.0 Å². The fourth-order valence-corrected chi connectivity index (χ4v) is 2.80. The van der Waals surface area contributed by atoms with Crippen molar-refractivity contribution in [2.75, 3.05) is 0 Å². The van der Waals surface area contributed by atoms with E-state index in [-0.39, 0.29) is 12.3 Å². The van der Waals surface area contributed by atoms with Crippen LogP contribution in [0.1, 0.15) is 55.2 Å². The van der Waals surface area contributed by atoms with E-state index >= 15 is 0 Å². The minimum Gasteiger partial charge on any atom is -0.481 e. The monoisotopic (exact) mass is 244 g/mol. The van der Waals surface area contributed by atoms with Gasteiger partial charge in [-0.25, -0.2) is 0 Å². The smallest absolute Gasteiger partial charge is 0.304 e. The summed E-state index contributed by atoms with van der Waals surface area (Å²) < 4.78 is 0. The quantitative estimate of drug-likeness (QED) is 0.845. The van der Waals surface area contributed by atoms with Gasteiger partial charge in [0.15, 0.2) is 0 Å². The van der Waals surface area contributed by atoms with Crippen molar-refractivity contribution in [1.82, 2.24) is 0 Å². The van der Waals surface area contributed by atoms with Gasteiger partial charge in [0.25, 0.3) is 0 Å². The van der Waals surface area contributed by atoms with E-state index in [9.17, 15) is 4.79 Å². The van der Waals surface area contributed by atoms with Crippen LogP contribution in [0, 0.1) is 6.92 Å². The molecule has 96 valence electrons. The molecule has 0 saturated carbocycles. The van der Waals surface area contributed by atoms with Crippen LogP contribution in [0.4, 0.5) is 0 Å². The molecule has 0 radical (unpaired) electrons. The van der Waals surface area contributed by atoms with Gasteiger partial charge in [0, 0.05) is 5.92 Å². The number of hydrogen-bond acceptors (Lipinski definition) is 1. The van der Waals surface area contributed by atoms with Crippen LogP contribution in [-0.4, -0.2) is 11.1 Å². The van der Waals surface area contributed by atoms with Gasteiger partial charge in [-0.05, 0) is 42.0 Å². The van der Waals surface area contributed by atoms with E-state index in [1.165, 1.54) is 35.1 Å². The number of carbonyl (C=O) groups is 1. The first-order valence-corrected chi connectivity index (χ1v) is 6.65. The van der Waals surface area contributed by atoms with Crippen LogP contribution in [0.15, 0.2) is 24.3 Å². The summed E-state index contributed by atoms with van der Waals surface area (Å²) in [6.07, 6.45) is 5.76. The zero-order valence-electron chi connectivity index (χ0n) is 11.1. The molecule has 2 rings (SSSR count). The molecular weight excluding hydrogens is 224 g/mol. The van der Waals surface area contributed by atoms with Gasteiger partial charge in [-0.2, -0.15) is 0 Å². The molecule has 18 heavy (non-hydrogen) atoms. The predicted octanol–water partition coefficient (Wildman–Crippen LogP) is 4.14. The number of hydrogen-bond donors (Lipinski definition) is 1. The maximum absolute atomic E-state index is 11.0. The van der Waals surface area contributed by atoms with Crippen molar-refractivity contribution in [3.8, 4) is 0 Å². The van der Waals surface area contributed by atoms with Crippen LogP contribution >= 0.6 is 0 Å². The second-order valence-corrected chi connectivity index (χ2v) is 5.04. The van der Waals surface area contributed by atoms with E-state index in [0.717, 1.165) is 6.42 Å². The zero-order valence-corrected chi connectivity index (χ0v) is 11.1. The SMILES string of the molecule is CCCCC1=CC(CC(=O)O)c2c(C)cccc21. The largest absolute Gasteiger partial charge is 0.481 e. The Morgan fingerprint density at radius 3 is 2.83 bits per heavy atom. The summed E-state index contributed by atoms with van der Waals surface area (Å²) in [4.78, 5) is 11.0. The van der Waals surface area contributed by atoms with Crippen molar-refractivity contribution in [2.45, 2.75) is 45.4 Å². The van der Waals surface area contributed by atoms with Crippen LogP contribution < -0.4 is 0 Å². The van der Waals surface area contributed by atoms with Crippen molar-refractivity contribution < 1.29 is 9.90 Å². The zero-order chi connectivity index (χ0) is 13.1. The molecule has 1 unspecified atom stereocenters. The van der Waals surface area contributed by atoms with Gasteiger partial charge in [-0.15, -0.1) is 0 Å². The average molecular weight is 244 g/mol. The second kappa shape index (κ2) is 5.38. The summed E-state index contributed by atoms with van der Waals surface area (Å²) in [5.41, 5.74) is 5.05. The number of unbranched alkanes of at least 4 members (excludes halogenated alkanes) is 1. The van der Waals surface area contributed by atoms with Crippen molar-refractivity contribution >= 4 is 11.5 Å². The van der Waals surface area contributed by atoms with Gasteiger partial charge in [-0.1, -0.05) is 37.6 Å². The molecule has 0 aliphatic heterocycles. The fraction of sp³-hybridized carbons (Fsp3) is 0.438. The topological polar surface area (TPSA) is 37.3 Å². The molecule has 1 aliphatic carbocycles. The minimum absolute atomic E-state index is 0.0607. The lowest BCUT2D eigenvalue weighted by Crippen LogP contribution is -2.04. The first kappa shape index (κ1) is 12.9. The van der Waals surface area contributed by atoms with Crippen LogP contribution in [0.2, 0.25) is 0 Å². The molecule has 1 aliphatic rings. The molecule has 0 fully saturated rings. The lowest BCUT2D eigenvalue weighted by atomic mass is 9.93. The number of allylic oxidation sites excluding steroid dienone is 2. The molecule has 2 nitrogen and oxygen atoms in total. The van der Waals surface area contributed by atoms with E-state index in [2.05, 4.69) is 38.1 Å². The maximum Gasteiger partial charge on any atom is 0.304 e. The van der Waals surface area contributed by atoms with Gasteiger partial charge >= 0.3 is 5.97 Å². The van der Waals surface area contributed by atoms with Crippen LogP contribution in [-0.2, 0) is 4.79 Å². The van der Waals surface area contributed by atoms with Crippen molar-refractivity contribution in [1.29, 1.82) is 0 Å². The Morgan fingerprint density at radius 1 is 1.39 bits per heavy atom. The molecule has 0 bridgehead atoms. The first-order valence-electron chi connectivity index (χ1n) is 6.65. The average Bonchev–Trinajstić information content (AvgIpc) is 2.65. The van der Waals surface area contributed by atoms with E-state index in [1.807, 2.05) is 0 Å². The Hall–Kier alpha value is -1.57. The summed E-state index contributed by atoms with van der Waals surface area (Å²) in [7, 11) is 0. The summed E-state index contributed by atoms with van der Waals surface area (Å²) in [6, 6.07) is 6.27. The van der Waals surface area contributed by atoms with Crippen molar-refractivity contribution in [3.63, 3.8) is 0 Å². The highest BCUT2D eigenvalue weighted by molar-refractivity contribution is 5.79. The Balaban J connectivity index is 2.34. The molecule has 1 aromatic rings. The molecular formula is C16H20O2. The summed E-state index contributed by atoms with van der Waals surface area (Å²) in [5, 5.41) is 9.02. The molecule has 0 heterocycles. The van der Waals surface area contributed by atoms with Crippen molar-refractivity contribution in [2.24, 2.45) is 0 Å². The minimum atomic E-state index is -0.720. The fourth-order valence-electron chi connectivity index (χ4n) is 2.80. The number of benzene rings is 1. The number of aryl methyl sites for hydroxylation is 1. The molecule has 0 saturated heterocycles. The number of fused-ring (bicyclic) bond motifs is 1. The normalized spacial score (nSPS) is 17.4. The van der Waals surface area contributed by atoms with Gasteiger partial charge in [0.2, 0.25) is 0 Å². The first-order chi connectivity index (χ1) is 8.63. The Labute approximate surface area is 108 Å². The second-order valence-electron chi connectivity index (χ2n) is 5.04. The molecule has 0 aromatic heterocycles. The molecule has 0 amide bonds. The predicted molar refractivity (Wildman–Crippen MR) is 73.7 cm³/mol. The number of rotatable bonds is 5. The summed E-state index contributed by atoms with van der Waals surface area (Å²) in [6.45, 7) is 4.26. The van der Waals surface area contributed by atoms with Gasteiger partial charge in [0.1, 0.15) is 0 Å². The third kappa shape index (κ3) is 2.47. The lowest BCUT2D eigenvalue weighted by Gasteiger charge is -2.11. The summed E-state index contributed by atoms with van der Waals surface area (Å²) in [5.74, 6) is -0.659. The number of carboxylic acid groups (broad SMARTS) is 1. The maximum atomic E-state index is 11.0. The highest BCUT2D eigenvalue weighted by Gasteiger charge is 2.26. The van der Waals surface area contributed by atoms with Crippen LogP contribution in [0.5, 0.6) is 0 Å².